The van der Waals surface area contributed by atoms with Crippen molar-refractivity contribution in [1.29, 1.82) is 0 Å². The van der Waals surface area contributed by atoms with E-state index in [-0.39, 0.29) is 0 Å². The monoisotopic (exact) mass is 386 g/mol. The molecule has 0 aliphatic rings. The molecule has 2 rings (SSSR count). The van der Waals surface area contributed by atoms with Crippen molar-refractivity contribution in [2.75, 3.05) is 11.9 Å². The number of hydrogen-bond acceptors (Lipinski definition) is 5. The number of aliphatic carboxylic acids is 2. The van der Waals surface area contributed by atoms with Crippen molar-refractivity contribution in [3.05, 3.63) is 54.6 Å². The normalized spacial score (nSPS) is 11.6. The van der Waals surface area contributed by atoms with Gasteiger partial charge in [-0.05, 0) is 36.4 Å². The lowest BCUT2D eigenvalue weighted by atomic mass is 10.2. The van der Waals surface area contributed by atoms with Gasteiger partial charge in [-0.3, -0.25) is 0 Å². The summed E-state index contributed by atoms with van der Waals surface area (Å²) in [5, 5.41) is 17.1. The first-order chi connectivity index (χ1) is 12.6. The number of alkyl halides is 3. The molecule has 0 aliphatic heterocycles. The minimum absolute atomic E-state index is 0.336. The fraction of sp³-hybridized carbons (Fsp3) is 0.176. The van der Waals surface area contributed by atoms with Gasteiger partial charge < -0.3 is 26.0 Å². The predicted octanol–water partition coefficient (Wildman–Crippen LogP) is 2.94. The second-order valence-electron chi connectivity index (χ2n) is 5.02. The van der Waals surface area contributed by atoms with Gasteiger partial charge in [0.1, 0.15) is 17.5 Å². The van der Waals surface area contributed by atoms with Gasteiger partial charge in [0.05, 0.1) is 0 Å². The lowest BCUT2D eigenvalue weighted by Gasteiger charge is -2.21. The number of para-hydroxylation sites is 1. The number of anilines is 1. The van der Waals surface area contributed by atoms with Crippen LogP contribution in [0.5, 0.6) is 11.5 Å². The van der Waals surface area contributed by atoms with Crippen molar-refractivity contribution in [3.63, 3.8) is 0 Å². The average molecular weight is 386 g/mol. The smallest absolute Gasteiger partial charge is 0.414 e. The van der Waals surface area contributed by atoms with E-state index < -0.39 is 30.7 Å². The van der Waals surface area contributed by atoms with Gasteiger partial charge in [0.25, 0.3) is 0 Å². The van der Waals surface area contributed by atoms with Gasteiger partial charge in [-0.25, -0.2) is 9.59 Å². The summed E-state index contributed by atoms with van der Waals surface area (Å²) < 4.78 is 43.4. The number of benzene rings is 2. The van der Waals surface area contributed by atoms with Crippen LogP contribution in [0.1, 0.15) is 0 Å². The molecule has 0 amide bonds. The number of carbonyl (C=O) groups is 2. The molecule has 7 nitrogen and oxygen atoms in total. The van der Waals surface area contributed by atoms with E-state index in [9.17, 15) is 13.2 Å². The average Bonchev–Trinajstić information content (AvgIpc) is 2.61. The molecule has 1 atom stereocenters. The van der Waals surface area contributed by atoms with Crippen molar-refractivity contribution in [2.45, 2.75) is 12.2 Å². The molecule has 0 aromatic heterocycles. The van der Waals surface area contributed by atoms with Gasteiger partial charge in [-0.1, -0.05) is 18.2 Å². The van der Waals surface area contributed by atoms with Gasteiger partial charge in [0, 0.05) is 12.2 Å². The number of nitrogens with one attached hydrogen (secondary N) is 1. The van der Waals surface area contributed by atoms with E-state index >= 15 is 0 Å². The molecule has 0 spiro atoms. The maximum absolute atomic E-state index is 12.6. The van der Waals surface area contributed by atoms with E-state index in [0.717, 1.165) is 0 Å². The fourth-order valence-corrected chi connectivity index (χ4v) is 1.72. The van der Waals surface area contributed by atoms with Crippen LogP contribution < -0.4 is 15.8 Å². The van der Waals surface area contributed by atoms with Crippen molar-refractivity contribution in [2.24, 2.45) is 5.73 Å². The molecule has 0 bridgehead atoms. The van der Waals surface area contributed by atoms with Gasteiger partial charge in [0.2, 0.25) is 0 Å². The van der Waals surface area contributed by atoms with Gasteiger partial charge >= 0.3 is 18.1 Å². The number of nitrogens with two attached hydrogens (primary N) is 1. The Kier molecular flexibility index (Phi) is 8.08. The zero-order valence-electron chi connectivity index (χ0n) is 13.8. The molecule has 2 aromatic rings. The highest BCUT2D eigenvalue weighted by Gasteiger charge is 2.38. The van der Waals surface area contributed by atoms with Crippen LogP contribution in [0.25, 0.3) is 0 Å². The van der Waals surface area contributed by atoms with Crippen molar-refractivity contribution in [3.8, 4) is 11.5 Å². The fourth-order valence-electron chi connectivity index (χ4n) is 1.72. The summed E-state index contributed by atoms with van der Waals surface area (Å²) in [6.07, 6.45) is -4.38. The first kappa shape index (κ1) is 21.8. The van der Waals surface area contributed by atoms with E-state index in [2.05, 4.69) is 5.32 Å². The topological polar surface area (TPSA) is 122 Å². The predicted molar refractivity (Wildman–Crippen MR) is 90.7 cm³/mol. The van der Waals surface area contributed by atoms with Gasteiger partial charge in [0.15, 0.2) is 0 Å². The Balaban J connectivity index is 0.000000527. The van der Waals surface area contributed by atoms with Crippen molar-refractivity contribution < 1.29 is 37.7 Å². The Morgan fingerprint density at radius 1 is 0.963 bits per heavy atom. The first-order valence-electron chi connectivity index (χ1n) is 7.46. The molecule has 10 heteroatoms. The van der Waals surface area contributed by atoms with Crippen LogP contribution in [0.15, 0.2) is 54.6 Å². The van der Waals surface area contributed by atoms with Gasteiger partial charge in [-0.15, -0.1) is 0 Å². The summed E-state index contributed by atoms with van der Waals surface area (Å²) in [7, 11) is 0. The molecule has 1 unspecified atom stereocenters. The molecule has 5 N–H and O–H groups in total. The molecule has 27 heavy (non-hydrogen) atoms. The molecule has 0 fully saturated rings. The second kappa shape index (κ2) is 10.0. The number of hydrogen-bond donors (Lipinski definition) is 4. The van der Waals surface area contributed by atoms with E-state index in [4.69, 9.17) is 30.3 Å². The van der Waals surface area contributed by atoms with Crippen molar-refractivity contribution in [1.82, 2.24) is 0 Å². The zero-order valence-corrected chi connectivity index (χ0v) is 13.8. The quantitative estimate of drug-likeness (QED) is 0.583. The second-order valence-corrected chi connectivity index (χ2v) is 5.02. The summed E-state index contributed by atoms with van der Waals surface area (Å²) in [5.74, 6) is -2.44. The maximum Gasteiger partial charge on any atom is 0.414 e. The Morgan fingerprint density at radius 2 is 1.44 bits per heavy atom. The summed E-state index contributed by atoms with van der Waals surface area (Å²) in [5.41, 5.74) is 5.47. The van der Waals surface area contributed by atoms with Crippen molar-refractivity contribution >= 4 is 17.6 Å². The number of rotatable bonds is 5. The largest absolute Gasteiger partial charge is 0.473 e. The van der Waals surface area contributed by atoms with E-state index in [1.54, 1.807) is 24.3 Å². The number of halogens is 3. The lowest BCUT2D eigenvalue weighted by molar-refractivity contribution is -0.159. The van der Waals surface area contributed by atoms with Crippen LogP contribution in [-0.2, 0) is 9.59 Å². The molecule has 2 aromatic carbocycles. The van der Waals surface area contributed by atoms with Crippen LogP contribution >= 0.6 is 0 Å². The van der Waals surface area contributed by atoms with E-state index in [0.29, 0.717) is 17.2 Å². The van der Waals surface area contributed by atoms with E-state index in [1.165, 1.54) is 12.1 Å². The van der Waals surface area contributed by atoms with Crippen LogP contribution in [0.3, 0.4) is 0 Å². The molecule has 0 radical (unpaired) electrons. The zero-order chi connectivity index (χ0) is 20.4. The molecule has 0 saturated carbocycles. The Labute approximate surface area is 152 Å². The summed E-state index contributed by atoms with van der Waals surface area (Å²) in [6.45, 7) is -0.522. The third-order valence-electron chi connectivity index (χ3n) is 2.99. The third kappa shape index (κ3) is 8.10. The highest BCUT2D eigenvalue weighted by molar-refractivity contribution is 6.27. The molecule has 0 saturated heterocycles. The molecule has 0 heterocycles. The molecule has 146 valence electrons. The maximum atomic E-state index is 12.6. The summed E-state index contributed by atoms with van der Waals surface area (Å²) in [4.78, 5) is 18.2. The number of ether oxygens (including phenoxy) is 1. The molecule has 0 aliphatic carbocycles. The van der Waals surface area contributed by atoms with Gasteiger partial charge in [-0.2, -0.15) is 13.2 Å². The summed E-state index contributed by atoms with van der Waals surface area (Å²) in [6, 6.07) is 13.6. The highest BCUT2D eigenvalue weighted by Crippen LogP contribution is 2.26. The summed E-state index contributed by atoms with van der Waals surface area (Å²) >= 11 is 0. The molecular weight excluding hydrogens is 369 g/mol. The van der Waals surface area contributed by atoms with Crippen LogP contribution in [0.4, 0.5) is 18.9 Å². The SMILES string of the molecule is NCC(Nc1ccc(Oc2ccccc2)cc1)C(F)(F)F.O=C(O)C(=O)O. The standard InChI is InChI=1S/C15H15F3N2O.C2H2O4/c16-15(17,18)14(10-19)20-11-6-8-13(9-7-11)21-12-4-2-1-3-5-12;3-1(4)2(5)6/h1-9,14,20H,10,19H2;(H,3,4)(H,5,6). The Hall–Kier alpha value is -3.27. The minimum Gasteiger partial charge on any atom is -0.473 e. The Morgan fingerprint density at radius 3 is 1.85 bits per heavy atom. The third-order valence-corrected chi connectivity index (χ3v) is 2.99. The number of carboxylic acids is 2. The van der Waals surface area contributed by atoms with Crippen LogP contribution in [0, 0.1) is 0 Å². The van der Waals surface area contributed by atoms with Crippen LogP contribution in [0.2, 0.25) is 0 Å². The number of carboxylic acid groups (broad SMARTS) is 2. The molecular formula is C17H17F3N2O5. The minimum atomic E-state index is -4.38. The van der Waals surface area contributed by atoms with E-state index in [1.807, 2.05) is 18.2 Å². The highest BCUT2D eigenvalue weighted by atomic mass is 19.4. The van der Waals surface area contributed by atoms with Crippen LogP contribution in [-0.4, -0.2) is 40.9 Å². The Bertz CT molecular complexity index is 724. The first-order valence-corrected chi connectivity index (χ1v) is 7.46. The lowest BCUT2D eigenvalue weighted by Crippen LogP contribution is -2.42.